The summed E-state index contributed by atoms with van der Waals surface area (Å²) in [6.07, 6.45) is 2.88. The van der Waals surface area contributed by atoms with Gasteiger partial charge >= 0.3 is 0 Å². The summed E-state index contributed by atoms with van der Waals surface area (Å²) >= 11 is 5.87. The predicted octanol–water partition coefficient (Wildman–Crippen LogP) is 3.63. The van der Waals surface area contributed by atoms with Gasteiger partial charge in [-0.3, -0.25) is 4.79 Å². The van der Waals surface area contributed by atoms with E-state index in [-0.39, 0.29) is 23.3 Å². The van der Waals surface area contributed by atoms with Crippen LogP contribution in [0.5, 0.6) is 0 Å². The number of nitrogens with zero attached hydrogens (tertiary/aromatic N) is 1. The van der Waals surface area contributed by atoms with Gasteiger partial charge < -0.3 is 5.32 Å². The van der Waals surface area contributed by atoms with Crippen molar-refractivity contribution in [1.82, 2.24) is 9.62 Å². The molecule has 0 bridgehead atoms. The Morgan fingerprint density at radius 1 is 1.14 bits per heavy atom. The molecule has 8 heteroatoms. The van der Waals surface area contributed by atoms with Gasteiger partial charge in [-0.25, -0.2) is 12.8 Å². The molecule has 0 aliphatic carbocycles. The summed E-state index contributed by atoms with van der Waals surface area (Å²) in [5.74, 6) is -0.993. The van der Waals surface area contributed by atoms with Crippen LogP contribution in [0.1, 0.15) is 24.8 Å². The molecule has 1 atom stereocenters. The van der Waals surface area contributed by atoms with E-state index in [9.17, 15) is 17.6 Å². The lowest BCUT2D eigenvalue weighted by atomic mass is 9.99. The minimum atomic E-state index is -3.73. The number of hydrogen-bond donors (Lipinski definition) is 1. The molecule has 5 nitrogen and oxygen atoms in total. The topological polar surface area (TPSA) is 66.5 Å². The lowest BCUT2D eigenvalue weighted by Crippen LogP contribution is -2.45. The Morgan fingerprint density at radius 2 is 1.83 bits per heavy atom. The zero-order valence-electron chi connectivity index (χ0n) is 16.0. The number of carbonyl (C=O) groups is 1. The monoisotopic (exact) mass is 438 g/mol. The van der Waals surface area contributed by atoms with Crippen molar-refractivity contribution in [3.63, 3.8) is 0 Å². The van der Waals surface area contributed by atoms with Crippen LogP contribution in [0.25, 0.3) is 0 Å². The number of sulfonamides is 1. The molecule has 1 N–H and O–H groups in total. The SMILES string of the molecule is O=C(NCCCc1ccc(Cl)cc1)C1CCCN(S(=O)(=O)c2ccc(F)cc2)C1. The molecular weight excluding hydrogens is 415 g/mol. The van der Waals surface area contributed by atoms with Crippen molar-refractivity contribution in [2.24, 2.45) is 5.92 Å². The van der Waals surface area contributed by atoms with Gasteiger partial charge in [0, 0.05) is 24.7 Å². The van der Waals surface area contributed by atoms with Crippen molar-refractivity contribution in [1.29, 1.82) is 0 Å². The first-order valence-corrected chi connectivity index (χ1v) is 11.5. The first-order valence-electron chi connectivity index (χ1n) is 9.64. The van der Waals surface area contributed by atoms with E-state index in [1.165, 1.54) is 16.4 Å². The number of carbonyl (C=O) groups excluding carboxylic acids is 1. The molecular formula is C21H24ClFN2O3S. The van der Waals surface area contributed by atoms with E-state index in [1.807, 2.05) is 24.3 Å². The Hall–Kier alpha value is -1.96. The number of halogens is 2. The van der Waals surface area contributed by atoms with E-state index >= 15 is 0 Å². The highest BCUT2D eigenvalue weighted by Crippen LogP contribution is 2.24. The Bertz CT molecular complexity index is 933. The molecule has 1 unspecified atom stereocenters. The van der Waals surface area contributed by atoms with Crippen molar-refractivity contribution in [2.75, 3.05) is 19.6 Å². The molecule has 1 amide bonds. The maximum atomic E-state index is 13.1. The van der Waals surface area contributed by atoms with Crippen molar-refractivity contribution in [3.8, 4) is 0 Å². The minimum Gasteiger partial charge on any atom is -0.356 e. The van der Waals surface area contributed by atoms with Crippen LogP contribution in [0.15, 0.2) is 53.4 Å². The summed E-state index contributed by atoms with van der Waals surface area (Å²) in [6.45, 7) is 1.03. The summed E-state index contributed by atoms with van der Waals surface area (Å²) < 4.78 is 40.0. The molecule has 1 fully saturated rings. The summed E-state index contributed by atoms with van der Waals surface area (Å²) in [6, 6.07) is 12.4. The number of amides is 1. The van der Waals surface area contributed by atoms with E-state index in [0.29, 0.717) is 31.0 Å². The summed E-state index contributed by atoms with van der Waals surface area (Å²) in [4.78, 5) is 12.6. The summed E-state index contributed by atoms with van der Waals surface area (Å²) in [5, 5.41) is 3.61. The Morgan fingerprint density at radius 3 is 2.52 bits per heavy atom. The van der Waals surface area contributed by atoms with Gasteiger partial charge in [0.25, 0.3) is 0 Å². The van der Waals surface area contributed by atoms with Gasteiger partial charge in [-0.05, 0) is 67.6 Å². The van der Waals surface area contributed by atoms with E-state index in [1.54, 1.807) is 0 Å². The third kappa shape index (κ3) is 5.78. The first-order chi connectivity index (χ1) is 13.9. The van der Waals surface area contributed by atoms with E-state index in [2.05, 4.69) is 5.32 Å². The summed E-state index contributed by atoms with van der Waals surface area (Å²) in [7, 11) is -3.73. The number of nitrogens with one attached hydrogen (secondary N) is 1. The standard InChI is InChI=1S/C21H24ClFN2O3S/c22-18-7-5-16(6-8-18)3-1-13-24-21(26)17-4-2-14-25(15-17)29(27,28)20-11-9-19(23)10-12-20/h5-12,17H,1-4,13-15H2,(H,24,26). The van der Waals surface area contributed by atoms with Crippen LogP contribution in [0, 0.1) is 11.7 Å². The van der Waals surface area contributed by atoms with Crippen molar-refractivity contribution >= 4 is 27.5 Å². The second kappa shape index (κ2) is 9.69. The third-order valence-electron chi connectivity index (χ3n) is 5.06. The lowest BCUT2D eigenvalue weighted by Gasteiger charge is -2.31. The molecule has 29 heavy (non-hydrogen) atoms. The van der Waals surface area contributed by atoms with Crippen molar-refractivity contribution in [3.05, 3.63) is 64.9 Å². The van der Waals surface area contributed by atoms with Crippen molar-refractivity contribution in [2.45, 2.75) is 30.6 Å². The molecule has 0 saturated carbocycles. The molecule has 0 radical (unpaired) electrons. The average molecular weight is 439 g/mol. The highest BCUT2D eigenvalue weighted by molar-refractivity contribution is 7.89. The number of benzene rings is 2. The van der Waals surface area contributed by atoms with Gasteiger partial charge in [0.1, 0.15) is 5.82 Å². The van der Waals surface area contributed by atoms with Gasteiger partial charge in [-0.15, -0.1) is 0 Å². The molecule has 1 aliphatic heterocycles. The van der Waals surface area contributed by atoms with Gasteiger partial charge in [0.15, 0.2) is 0 Å². The molecule has 1 heterocycles. The molecule has 0 spiro atoms. The smallest absolute Gasteiger partial charge is 0.243 e. The number of piperidine rings is 1. The van der Waals surface area contributed by atoms with Crippen molar-refractivity contribution < 1.29 is 17.6 Å². The van der Waals surface area contributed by atoms with Crippen LogP contribution in [0.3, 0.4) is 0 Å². The maximum absolute atomic E-state index is 13.1. The summed E-state index contributed by atoms with van der Waals surface area (Å²) in [5.41, 5.74) is 1.15. The Labute approximate surface area is 175 Å². The number of aryl methyl sites for hydroxylation is 1. The second-order valence-corrected chi connectivity index (χ2v) is 9.55. The molecule has 1 saturated heterocycles. The normalized spacial score (nSPS) is 17.8. The zero-order valence-corrected chi connectivity index (χ0v) is 17.6. The van der Waals surface area contributed by atoms with Crippen LogP contribution in [-0.2, 0) is 21.2 Å². The zero-order chi connectivity index (χ0) is 20.9. The maximum Gasteiger partial charge on any atom is 0.243 e. The minimum absolute atomic E-state index is 0.0444. The number of rotatable bonds is 7. The van der Waals surface area contributed by atoms with Crippen LogP contribution >= 0.6 is 11.6 Å². The molecule has 2 aromatic carbocycles. The number of hydrogen-bond acceptors (Lipinski definition) is 3. The quantitative estimate of drug-likeness (QED) is 0.671. The van der Waals surface area contributed by atoms with Gasteiger partial charge in [-0.2, -0.15) is 4.31 Å². The van der Waals surface area contributed by atoms with Gasteiger partial charge in [0.2, 0.25) is 15.9 Å². The predicted molar refractivity (Wildman–Crippen MR) is 111 cm³/mol. The molecule has 156 valence electrons. The fourth-order valence-electron chi connectivity index (χ4n) is 3.43. The van der Waals surface area contributed by atoms with Gasteiger partial charge in [-0.1, -0.05) is 23.7 Å². The Balaban J connectivity index is 1.51. The van der Waals surface area contributed by atoms with E-state index in [0.717, 1.165) is 30.5 Å². The molecule has 0 aromatic heterocycles. The largest absolute Gasteiger partial charge is 0.356 e. The molecule has 2 aromatic rings. The average Bonchev–Trinajstić information content (AvgIpc) is 2.73. The molecule has 3 rings (SSSR count). The third-order valence-corrected chi connectivity index (χ3v) is 7.19. The van der Waals surface area contributed by atoms with Crippen LogP contribution in [-0.4, -0.2) is 38.3 Å². The van der Waals surface area contributed by atoms with E-state index in [4.69, 9.17) is 11.6 Å². The van der Waals surface area contributed by atoms with E-state index < -0.39 is 15.8 Å². The first kappa shape index (κ1) is 21.7. The fraction of sp³-hybridized carbons (Fsp3) is 0.381. The Kier molecular flexibility index (Phi) is 7.27. The lowest BCUT2D eigenvalue weighted by molar-refractivity contribution is -0.126. The second-order valence-electron chi connectivity index (χ2n) is 7.18. The highest BCUT2D eigenvalue weighted by Gasteiger charge is 2.33. The van der Waals surface area contributed by atoms with Crippen LogP contribution in [0.4, 0.5) is 4.39 Å². The molecule has 1 aliphatic rings. The van der Waals surface area contributed by atoms with Gasteiger partial charge in [0.05, 0.1) is 10.8 Å². The van der Waals surface area contributed by atoms with Crippen LogP contribution in [0.2, 0.25) is 5.02 Å². The fourth-order valence-corrected chi connectivity index (χ4v) is 5.08. The van der Waals surface area contributed by atoms with Crippen LogP contribution < -0.4 is 5.32 Å². The highest BCUT2D eigenvalue weighted by atomic mass is 35.5.